The van der Waals surface area contributed by atoms with Crippen molar-refractivity contribution in [2.45, 2.75) is 38.7 Å². The van der Waals surface area contributed by atoms with Gasteiger partial charge < -0.3 is 23.5 Å². The first-order valence-corrected chi connectivity index (χ1v) is 9.73. The van der Waals surface area contributed by atoms with Crippen LogP contribution in [0, 0.1) is 13.8 Å². The van der Waals surface area contributed by atoms with E-state index in [9.17, 15) is 4.79 Å². The van der Waals surface area contributed by atoms with Crippen LogP contribution in [0.5, 0.6) is 11.5 Å². The number of carbonyl (C=O) groups excluding carboxylic acids is 1. The van der Waals surface area contributed by atoms with Crippen LogP contribution in [0.1, 0.15) is 45.8 Å². The molecule has 1 aromatic carbocycles. The zero-order valence-corrected chi connectivity index (χ0v) is 17.0. The lowest BCUT2D eigenvalue weighted by Crippen LogP contribution is -2.48. The number of ether oxygens (including phenoxy) is 3. The highest BCUT2D eigenvalue weighted by atomic mass is 16.5. The molecule has 1 spiro atoms. The molecule has 2 aromatic rings. The van der Waals surface area contributed by atoms with Crippen molar-refractivity contribution in [1.82, 2.24) is 4.90 Å². The summed E-state index contributed by atoms with van der Waals surface area (Å²) in [6.07, 6.45) is 2.38. The topological polar surface area (TPSA) is 61.1 Å². The Morgan fingerprint density at radius 1 is 1.07 bits per heavy atom. The molecule has 0 saturated carbocycles. The normalized spacial score (nSPS) is 18.1. The second-order valence-corrected chi connectivity index (χ2v) is 7.58. The van der Waals surface area contributed by atoms with E-state index < -0.39 is 0 Å². The number of hydrogen-bond donors (Lipinski definition) is 0. The van der Waals surface area contributed by atoms with E-state index in [0.717, 1.165) is 30.8 Å². The van der Waals surface area contributed by atoms with Gasteiger partial charge >= 0.3 is 0 Å². The van der Waals surface area contributed by atoms with Crippen molar-refractivity contribution in [3.05, 3.63) is 46.4 Å². The van der Waals surface area contributed by atoms with Crippen molar-refractivity contribution < 1.29 is 23.4 Å². The number of rotatable bonds is 3. The van der Waals surface area contributed by atoms with Crippen molar-refractivity contribution in [2.75, 3.05) is 33.9 Å². The van der Waals surface area contributed by atoms with E-state index in [-0.39, 0.29) is 11.5 Å². The van der Waals surface area contributed by atoms with Gasteiger partial charge in [0.2, 0.25) is 0 Å². The van der Waals surface area contributed by atoms with Crippen molar-refractivity contribution in [1.29, 1.82) is 0 Å². The standard InChI is InChI=1S/C22H27NO5/c1-14-11-17(15(2)28-14)21(24)23-8-6-22(7-9-23)18-13-20(26-4)19(25-3)12-16(18)5-10-27-22/h11-13H,5-10H2,1-4H3. The van der Waals surface area contributed by atoms with Crippen LogP contribution in [0.4, 0.5) is 0 Å². The Kier molecular flexibility index (Phi) is 4.83. The second-order valence-electron chi connectivity index (χ2n) is 7.58. The average Bonchev–Trinajstić information content (AvgIpc) is 3.05. The van der Waals surface area contributed by atoms with Gasteiger partial charge in [-0.1, -0.05) is 0 Å². The smallest absolute Gasteiger partial charge is 0.257 e. The first kappa shape index (κ1) is 18.9. The van der Waals surface area contributed by atoms with E-state index in [4.69, 9.17) is 18.6 Å². The summed E-state index contributed by atoms with van der Waals surface area (Å²) in [5.41, 5.74) is 2.69. The van der Waals surface area contributed by atoms with Gasteiger partial charge in [-0.15, -0.1) is 0 Å². The van der Waals surface area contributed by atoms with Crippen LogP contribution in [0.15, 0.2) is 22.6 Å². The number of likely N-dealkylation sites (tertiary alicyclic amines) is 1. The van der Waals surface area contributed by atoms with Gasteiger partial charge in [-0.3, -0.25) is 4.79 Å². The van der Waals surface area contributed by atoms with Gasteiger partial charge in [-0.05, 0) is 62.4 Å². The summed E-state index contributed by atoms with van der Waals surface area (Å²) in [6, 6.07) is 5.94. The summed E-state index contributed by atoms with van der Waals surface area (Å²) in [6.45, 7) is 5.68. The Morgan fingerprint density at radius 3 is 2.36 bits per heavy atom. The number of hydrogen-bond acceptors (Lipinski definition) is 5. The molecule has 2 aliphatic rings. The number of amides is 1. The second kappa shape index (κ2) is 7.17. The highest BCUT2D eigenvalue weighted by molar-refractivity contribution is 5.95. The molecule has 4 rings (SSSR count). The lowest BCUT2D eigenvalue weighted by molar-refractivity contribution is -0.0936. The molecule has 0 atom stereocenters. The fraction of sp³-hybridized carbons (Fsp3) is 0.500. The molecule has 0 unspecified atom stereocenters. The molecular weight excluding hydrogens is 358 g/mol. The van der Waals surface area contributed by atoms with Crippen molar-refractivity contribution in [2.24, 2.45) is 0 Å². The Labute approximate surface area is 165 Å². The predicted molar refractivity (Wildman–Crippen MR) is 104 cm³/mol. The van der Waals surface area contributed by atoms with Crippen LogP contribution < -0.4 is 9.47 Å². The minimum atomic E-state index is -0.370. The molecule has 6 heteroatoms. The van der Waals surface area contributed by atoms with Crippen molar-refractivity contribution >= 4 is 5.91 Å². The van der Waals surface area contributed by atoms with Crippen LogP contribution in [0.2, 0.25) is 0 Å². The molecule has 6 nitrogen and oxygen atoms in total. The summed E-state index contributed by atoms with van der Waals surface area (Å²) in [7, 11) is 3.31. The third kappa shape index (κ3) is 3.05. The van der Waals surface area contributed by atoms with E-state index in [0.29, 0.717) is 36.8 Å². The molecule has 3 heterocycles. The Bertz CT molecular complexity index is 893. The van der Waals surface area contributed by atoms with Gasteiger partial charge in [0, 0.05) is 13.1 Å². The third-order valence-electron chi connectivity index (χ3n) is 5.98. The molecule has 0 N–H and O–H groups in total. The Balaban J connectivity index is 1.58. The number of fused-ring (bicyclic) bond motifs is 2. The molecule has 0 radical (unpaired) electrons. The number of nitrogens with zero attached hydrogens (tertiary/aromatic N) is 1. The van der Waals surface area contributed by atoms with Crippen LogP contribution in [-0.4, -0.2) is 44.7 Å². The molecule has 28 heavy (non-hydrogen) atoms. The van der Waals surface area contributed by atoms with Gasteiger partial charge in [0.1, 0.15) is 11.5 Å². The van der Waals surface area contributed by atoms with Gasteiger partial charge in [0.25, 0.3) is 5.91 Å². The summed E-state index contributed by atoms with van der Waals surface area (Å²) >= 11 is 0. The molecule has 150 valence electrons. The van der Waals surface area contributed by atoms with E-state index in [1.165, 1.54) is 11.1 Å². The highest BCUT2D eigenvalue weighted by Gasteiger charge is 2.42. The SMILES string of the molecule is COc1cc2c(cc1OC)C1(CCN(C(=O)c3cc(C)oc3C)CC1)OCC2. The first-order valence-electron chi connectivity index (χ1n) is 9.73. The van der Waals surface area contributed by atoms with E-state index in [1.54, 1.807) is 14.2 Å². The monoisotopic (exact) mass is 385 g/mol. The van der Waals surface area contributed by atoms with Gasteiger partial charge in [-0.2, -0.15) is 0 Å². The Morgan fingerprint density at radius 2 is 1.75 bits per heavy atom. The van der Waals surface area contributed by atoms with Gasteiger partial charge in [0.05, 0.1) is 32.0 Å². The molecule has 2 aliphatic heterocycles. The summed E-state index contributed by atoms with van der Waals surface area (Å²) < 4.78 is 22.8. The number of aryl methyl sites for hydroxylation is 2. The predicted octanol–water partition coefficient (Wildman–Crippen LogP) is 3.62. The minimum Gasteiger partial charge on any atom is -0.493 e. The highest BCUT2D eigenvalue weighted by Crippen LogP contribution is 2.45. The van der Waals surface area contributed by atoms with Crippen LogP contribution in [0.25, 0.3) is 0 Å². The van der Waals surface area contributed by atoms with Crippen molar-refractivity contribution in [3.63, 3.8) is 0 Å². The lowest BCUT2D eigenvalue weighted by atomic mass is 9.79. The minimum absolute atomic E-state index is 0.0348. The number of furan rings is 1. The molecule has 0 bridgehead atoms. The quantitative estimate of drug-likeness (QED) is 0.808. The fourth-order valence-electron chi connectivity index (χ4n) is 4.48. The van der Waals surface area contributed by atoms with E-state index in [1.807, 2.05) is 30.9 Å². The zero-order valence-electron chi connectivity index (χ0n) is 17.0. The Hall–Kier alpha value is -2.47. The molecule has 1 saturated heterocycles. The summed E-state index contributed by atoms with van der Waals surface area (Å²) in [4.78, 5) is 14.8. The largest absolute Gasteiger partial charge is 0.493 e. The average molecular weight is 385 g/mol. The van der Waals surface area contributed by atoms with E-state index >= 15 is 0 Å². The van der Waals surface area contributed by atoms with Gasteiger partial charge in [-0.25, -0.2) is 0 Å². The van der Waals surface area contributed by atoms with Gasteiger partial charge in [0.15, 0.2) is 11.5 Å². The fourth-order valence-corrected chi connectivity index (χ4v) is 4.48. The number of piperidine rings is 1. The van der Waals surface area contributed by atoms with Crippen LogP contribution >= 0.6 is 0 Å². The third-order valence-corrected chi connectivity index (χ3v) is 5.98. The first-order chi connectivity index (χ1) is 13.5. The molecule has 0 aliphatic carbocycles. The maximum atomic E-state index is 12.9. The van der Waals surface area contributed by atoms with Crippen LogP contribution in [-0.2, 0) is 16.8 Å². The number of carbonyl (C=O) groups is 1. The van der Waals surface area contributed by atoms with Crippen molar-refractivity contribution in [3.8, 4) is 11.5 Å². The summed E-state index contributed by atoms with van der Waals surface area (Å²) in [5, 5.41) is 0. The zero-order chi connectivity index (χ0) is 19.9. The molecule has 1 fully saturated rings. The van der Waals surface area contributed by atoms with E-state index in [2.05, 4.69) is 6.07 Å². The number of benzene rings is 1. The maximum Gasteiger partial charge on any atom is 0.257 e. The lowest BCUT2D eigenvalue weighted by Gasteiger charge is -2.45. The van der Waals surface area contributed by atoms with Crippen LogP contribution in [0.3, 0.4) is 0 Å². The molecule has 1 amide bonds. The molecule has 1 aromatic heterocycles. The maximum absolute atomic E-state index is 12.9. The number of methoxy groups -OCH3 is 2. The molecular formula is C22H27NO5. The summed E-state index contributed by atoms with van der Waals surface area (Å²) in [5.74, 6) is 2.94.